The van der Waals surface area contributed by atoms with E-state index in [2.05, 4.69) is 6.58 Å². The minimum atomic E-state index is -0.810. The Bertz CT molecular complexity index is 421. The van der Waals surface area contributed by atoms with Crippen LogP contribution in [0.2, 0.25) is 10.0 Å². The highest BCUT2D eigenvalue weighted by molar-refractivity contribution is 6.42. The van der Waals surface area contributed by atoms with E-state index in [1.54, 1.807) is 18.2 Å². The lowest BCUT2D eigenvalue weighted by molar-refractivity contribution is 0.108. The number of nitrogens with two attached hydrogens (primary N) is 1. The molecule has 0 bridgehead atoms. The van der Waals surface area contributed by atoms with Crippen molar-refractivity contribution in [2.45, 2.75) is 18.9 Å². The molecule has 1 amide bonds. The molecule has 5 heteroatoms. The van der Waals surface area contributed by atoms with Crippen LogP contribution in [0.3, 0.4) is 0 Å². The maximum Gasteiger partial charge on any atom is 0.404 e. The summed E-state index contributed by atoms with van der Waals surface area (Å²) in [6.45, 7) is 3.60. The highest BCUT2D eigenvalue weighted by atomic mass is 35.5. The van der Waals surface area contributed by atoms with E-state index in [1.807, 2.05) is 6.07 Å². The van der Waals surface area contributed by atoms with Gasteiger partial charge in [-0.3, -0.25) is 0 Å². The molecule has 0 saturated carbocycles. The zero-order chi connectivity index (χ0) is 12.8. The summed E-state index contributed by atoms with van der Waals surface area (Å²) in [5.74, 6) is 0. The van der Waals surface area contributed by atoms with Gasteiger partial charge in [-0.1, -0.05) is 41.4 Å². The molecule has 0 aliphatic carbocycles. The Morgan fingerprint density at radius 3 is 2.82 bits per heavy atom. The number of hydrogen-bond donors (Lipinski definition) is 1. The first-order valence-corrected chi connectivity index (χ1v) is 5.80. The molecule has 0 fully saturated rings. The number of rotatable bonds is 5. The second-order valence-electron chi connectivity index (χ2n) is 3.50. The Kier molecular flexibility index (Phi) is 5.32. The number of carbonyl (C=O) groups excluding carboxylic acids is 1. The van der Waals surface area contributed by atoms with E-state index >= 15 is 0 Å². The van der Waals surface area contributed by atoms with E-state index in [-0.39, 0.29) is 6.10 Å². The van der Waals surface area contributed by atoms with Crippen LogP contribution in [0.5, 0.6) is 0 Å². The molecule has 1 aromatic rings. The van der Waals surface area contributed by atoms with Gasteiger partial charge in [0.05, 0.1) is 10.0 Å². The Hall–Kier alpha value is -1.19. The topological polar surface area (TPSA) is 52.3 Å². The van der Waals surface area contributed by atoms with Crippen LogP contribution >= 0.6 is 23.2 Å². The molecular formula is C12H13Cl2NO2. The summed E-state index contributed by atoms with van der Waals surface area (Å²) in [6.07, 6.45) is 1.43. The number of amides is 1. The van der Waals surface area contributed by atoms with Gasteiger partial charge in [0.25, 0.3) is 0 Å². The van der Waals surface area contributed by atoms with E-state index in [1.165, 1.54) is 0 Å². The third-order valence-electron chi connectivity index (χ3n) is 2.19. The molecule has 3 nitrogen and oxygen atoms in total. The van der Waals surface area contributed by atoms with Crippen molar-refractivity contribution in [2.24, 2.45) is 5.73 Å². The highest BCUT2D eigenvalue weighted by Crippen LogP contribution is 2.27. The van der Waals surface area contributed by atoms with Gasteiger partial charge in [-0.15, -0.1) is 6.58 Å². The molecular weight excluding hydrogens is 261 g/mol. The fraction of sp³-hybridized carbons (Fsp3) is 0.250. The zero-order valence-corrected chi connectivity index (χ0v) is 10.7. The minimum Gasteiger partial charge on any atom is -0.446 e. The van der Waals surface area contributed by atoms with E-state index in [9.17, 15) is 4.79 Å². The van der Waals surface area contributed by atoms with E-state index in [4.69, 9.17) is 33.7 Å². The van der Waals surface area contributed by atoms with Crippen molar-refractivity contribution >= 4 is 29.3 Å². The summed E-state index contributed by atoms with van der Waals surface area (Å²) in [7, 11) is 0. The Balaban J connectivity index is 2.81. The maximum atomic E-state index is 10.7. The van der Waals surface area contributed by atoms with Gasteiger partial charge in [-0.2, -0.15) is 0 Å². The molecule has 0 aliphatic heterocycles. The molecule has 0 aromatic heterocycles. The van der Waals surface area contributed by atoms with Crippen LogP contribution in [0.25, 0.3) is 0 Å². The zero-order valence-electron chi connectivity index (χ0n) is 9.16. The van der Waals surface area contributed by atoms with Gasteiger partial charge in [-0.25, -0.2) is 4.79 Å². The van der Waals surface area contributed by atoms with Crippen LogP contribution in [0.4, 0.5) is 4.79 Å². The molecule has 1 rings (SSSR count). The largest absolute Gasteiger partial charge is 0.446 e. The van der Waals surface area contributed by atoms with Crippen molar-refractivity contribution in [1.29, 1.82) is 0 Å². The molecule has 2 N–H and O–H groups in total. The smallest absolute Gasteiger partial charge is 0.404 e. The summed E-state index contributed by atoms with van der Waals surface area (Å²) in [5, 5.41) is 0.942. The first-order valence-electron chi connectivity index (χ1n) is 5.04. The van der Waals surface area contributed by atoms with Crippen molar-refractivity contribution in [3.63, 3.8) is 0 Å². The quantitative estimate of drug-likeness (QED) is 0.834. The molecule has 0 heterocycles. The molecule has 0 radical (unpaired) electrons. The first kappa shape index (κ1) is 13.9. The Morgan fingerprint density at radius 2 is 2.24 bits per heavy atom. The third kappa shape index (κ3) is 4.29. The number of hydrogen-bond acceptors (Lipinski definition) is 2. The van der Waals surface area contributed by atoms with Crippen LogP contribution in [-0.2, 0) is 11.2 Å². The molecule has 1 unspecified atom stereocenters. The molecule has 1 atom stereocenters. The number of carbonyl (C=O) groups is 1. The fourth-order valence-corrected chi connectivity index (χ4v) is 1.87. The Morgan fingerprint density at radius 1 is 1.53 bits per heavy atom. The van der Waals surface area contributed by atoms with Gasteiger partial charge in [0.1, 0.15) is 6.10 Å². The number of halogens is 2. The standard InChI is InChI=1S/C12H13Cl2NO2/c1-2-4-9(17-12(15)16)7-8-5-3-6-10(13)11(8)14/h2-3,5-6,9H,1,4,7H2,(H2,15,16). The number of primary amides is 1. The first-order chi connectivity index (χ1) is 8.04. The average molecular weight is 274 g/mol. The van der Waals surface area contributed by atoms with E-state index in [0.717, 1.165) is 5.56 Å². The molecule has 0 saturated heterocycles. The lowest BCUT2D eigenvalue weighted by Crippen LogP contribution is -2.24. The number of benzene rings is 1. The van der Waals surface area contributed by atoms with Crippen molar-refractivity contribution in [3.8, 4) is 0 Å². The summed E-state index contributed by atoms with van der Waals surface area (Å²) in [4.78, 5) is 10.7. The average Bonchev–Trinajstić information content (AvgIpc) is 2.24. The lowest BCUT2D eigenvalue weighted by atomic mass is 10.1. The predicted molar refractivity (Wildman–Crippen MR) is 69.4 cm³/mol. The van der Waals surface area contributed by atoms with Crippen LogP contribution < -0.4 is 5.73 Å². The summed E-state index contributed by atoms with van der Waals surface area (Å²) >= 11 is 11.9. The molecule has 17 heavy (non-hydrogen) atoms. The Labute approximate surface area is 110 Å². The second-order valence-corrected chi connectivity index (χ2v) is 4.29. The van der Waals surface area contributed by atoms with Gasteiger partial charge in [-0.05, 0) is 11.6 Å². The molecule has 0 aliphatic rings. The summed E-state index contributed by atoms with van der Waals surface area (Å²) < 4.78 is 4.96. The minimum absolute atomic E-state index is 0.374. The predicted octanol–water partition coefficient (Wildman–Crippen LogP) is 3.58. The van der Waals surface area contributed by atoms with Crippen molar-refractivity contribution in [3.05, 3.63) is 46.5 Å². The second kappa shape index (κ2) is 6.52. The van der Waals surface area contributed by atoms with Crippen LogP contribution in [0.15, 0.2) is 30.9 Å². The maximum absolute atomic E-state index is 10.7. The third-order valence-corrected chi connectivity index (χ3v) is 3.05. The van der Waals surface area contributed by atoms with Gasteiger partial charge in [0.2, 0.25) is 0 Å². The fourth-order valence-electron chi connectivity index (χ4n) is 1.47. The van der Waals surface area contributed by atoms with Gasteiger partial charge in [0.15, 0.2) is 0 Å². The van der Waals surface area contributed by atoms with Crippen LogP contribution in [0, 0.1) is 0 Å². The van der Waals surface area contributed by atoms with E-state index < -0.39 is 6.09 Å². The van der Waals surface area contributed by atoms with Gasteiger partial charge < -0.3 is 10.5 Å². The monoisotopic (exact) mass is 273 g/mol. The van der Waals surface area contributed by atoms with Gasteiger partial charge >= 0.3 is 6.09 Å². The van der Waals surface area contributed by atoms with Crippen LogP contribution in [-0.4, -0.2) is 12.2 Å². The SMILES string of the molecule is C=CCC(Cc1cccc(Cl)c1Cl)OC(N)=O. The highest BCUT2D eigenvalue weighted by Gasteiger charge is 2.14. The summed E-state index contributed by atoms with van der Waals surface area (Å²) in [6, 6.07) is 5.32. The van der Waals surface area contributed by atoms with Crippen LogP contribution in [0.1, 0.15) is 12.0 Å². The molecule has 92 valence electrons. The molecule has 1 aromatic carbocycles. The van der Waals surface area contributed by atoms with Crippen molar-refractivity contribution < 1.29 is 9.53 Å². The summed E-state index contributed by atoms with van der Waals surface area (Å²) in [5.41, 5.74) is 5.80. The normalized spacial score (nSPS) is 11.9. The van der Waals surface area contributed by atoms with E-state index in [0.29, 0.717) is 22.9 Å². The number of ether oxygens (including phenoxy) is 1. The van der Waals surface area contributed by atoms with Crippen molar-refractivity contribution in [2.75, 3.05) is 0 Å². The molecule has 0 spiro atoms. The lowest BCUT2D eigenvalue weighted by Gasteiger charge is -2.16. The van der Waals surface area contributed by atoms with Crippen molar-refractivity contribution in [1.82, 2.24) is 0 Å². The van der Waals surface area contributed by atoms with Gasteiger partial charge in [0, 0.05) is 12.8 Å².